The van der Waals surface area contributed by atoms with Crippen LogP contribution in [-0.4, -0.2) is 30.0 Å². The molecule has 1 aromatic heterocycles. The molecule has 2 heterocycles. The predicted molar refractivity (Wildman–Crippen MR) is 128 cm³/mol. The van der Waals surface area contributed by atoms with Gasteiger partial charge in [-0.25, -0.2) is 4.98 Å². The largest absolute Gasteiger partial charge is 0.484 e. The average Bonchev–Trinajstić information content (AvgIpc) is 3.51. The first-order valence-electron chi connectivity index (χ1n) is 11.2. The summed E-state index contributed by atoms with van der Waals surface area (Å²) in [4.78, 5) is 4.70. The Balaban J connectivity index is 1.36. The molecule has 1 aliphatic rings. The van der Waals surface area contributed by atoms with Gasteiger partial charge in [-0.2, -0.15) is 0 Å². The molecule has 34 heavy (non-hydrogen) atoms. The van der Waals surface area contributed by atoms with Crippen molar-refractivity contribution in [3.05, 3.63) is 83.9 Å². The van der Waals surface area contributed by atoms with Crippen molar-refractivity contribution in [3.8, 4) is 39.6 Å². The first-order chi connectivity index (χ1) is 16.7. The van der Waals surface area contributed by atoms with Crippen molar-refractivity contribution in [2.45, 2.75) is 20.1 Å². The number of aliphatic hydroxyl groups excluding tert-OH is 1. The van der Waals surface area contributed by atoms with E-state index in [2.05, 4.69) is 11.4 Å². The van der Waals surface area contributed by atoms with Gasteiger partial charge in [0.1, 0.15) is 17.2 Å². The van der Waals surface area contributed by atoms with E-state index < -0.39 is 0 Å². The number of oxazole rings is 1. The Morgan fingerprint density at radius 3 is 2.68 bits per heavy atom. The summed E-state index contributed by atoms with van der Waals surface area (Å²) in [5, 5.41) is 12.2. The molecule has 0 bridgehead atoms. The lowest BCUT2D eigenvalue weighted by Crippen LogP contribution is -2.17. The van der Waals surface area contributed by atoms with E-state index in [0.717, 1.165) is 45.2 Å². The smallest absolute Gasteiger partial charge is 0.233 e. The van der Waals surface area contributed by atoms with E-state index in [9.17, 15) is 0 Å². The van der Waals surface area contributed by atoms with E-state index in [-0.39, 0.29) is 20.0 Å². The third kappa shape index (κ3) is 4.62. The van der Waals surface area contributed by atoms with Crippen LogP contribution in [0.2, 0.25) is 0 Å². The summed E-state index contributed by atoms with van der Waals surface area (Å²) in [6.45, 7) is 3.49. The second kappa shape index (κ2) is 9.99. The lowest BCUT2D eigenvalue weighted by atomic mass is 9.99. The first kappa shape index (κ1) is 22.0. The van der Waals surface area contributed by atoms with Crippen LogP contribution >= 0.6 is 0 Å². The fraction of sp³-hybridized carbons (Fsp3) is 0.222. The highest BCUT2D eigenvalue weighted by atomic mass is 16.7. The average molecular weight is 459 g/mol. The molecule has 7 nitrogen and oxygen atoms in total. The van der Waals surface area contributed by atoms with Gasteiger partial charge in [-0.1, -0.05) is 48.5 Å². The van der Waals surface area contributed by atoms with Gasteiger partial charge in [-0.05, 0) is 41.8 Å². The van der Waals surface area contributed by atoms with E-state index in [4.69, 9.17) is 28.7 Å². The number of benzene rings is 3. The van der Waals surface area contributed by atoms with Gasteiger partial charge in [0.15, 0.2) is 18.1 Å². The van der Waals surface area contributed by atoms with Gasteiger partial charge < -0.3 is 29.1 Å². The number of rotatable bonds is 9. The topological polar surface area (TPSA) is 86.0 Å². The minimum atomic E-state index is 0.0593. The first-order valence-corrected chi connectivity index (χ1v) is 11.2. The number of hydrogen-bond acceptors (Lipinski definition) is 7. The van der Waals surface area contributed by atoms with E-state index >= 15 is 0 Å². The number of nitrogens with zero attached hydrogens (tertiary/aromatic N) is 1. The second-order valence-electron chi connectivity index (χ2n) is 7.93. The molecule has 0 aliphatic carbocycles. The Hall–Kier alpha value is -3.81. The van der Waals surface area contributed by atoms with Crippen LogP contribution in [0.1, 0.15) is 17.2 Å². The zero-order valence-electron chi connectivity index (χ0n) is 18.9. The highest BCUT2D eigenvalue weighted by Gasteiger charge is 2.18. The van der Waals surface area contributed by atoms with Crippen LogP contribution in [0.4, 0.5) is 0 Å². The third-order valence-corrected chi connectivity index (χ3v) is 5.68. The molecule has 0 unspecified atom stereocenters. The van der Waals surface area contributed by atoms with Gasteiger partial charge >= 0.3 is 0 Å². The number of fused-ring (bicyclic) bond motifs is 1. The summed E-state index contributed by atoms with van der Waals surface area (Å²) >= 11 is 0. The van der Waals surface area contributed by atoms with Gasteiger partial charge in [-0.15, -0.1) is 0 Å². The van der Waals surface area contributed by atoms with Crippen LogP contribution < -0.4 is 19.5 Å². The highest BCUT2D eigenvalue weighted by Crippen LogP contribution is 2.38. The molecule has 4 aromatic rings. The maximum atomic E-state index is 9.08. The van der Waals surface area contributed by atoms with Crippen molar-refractivity contribution in [3.63, 3.8) is 0 Å². The van der Waals surface area contributed by atoms with E-state index in [1.54, 1.807) is 0 Å². The van der Waals surface area contributed by atoms with Crippen molar-refractivity contribution in [1.29, 1.82) is 0 Å². The molecule has 0 spiro atoms. The number of aromatic nitrogens is 1. The zero-order chi connectivity index (χ0) is 23.3. The molecule has 3 aromatic carbocycles. The molecule has 1 aliphatic heterocycles. The van der Waals surface area contributed by atoms with Crippen LogP contribution in [-0.2, 0) is 13.2 Å². The molecule has 0 saturated carbocycles. The summed E-state index contributed by atoms with van der Waals surface area (Å²) in [6, 6.07) is 21.8. The van der Waals surface area contributed by atoms with E-state index in [1.165, 1.54) is 0 Å². The standard InChI is InChI=1S/C27H26N2O5/c1-18-21(20-10-11-23-24(14-20)33-17-32-23)8-5-9-22(18)31-16-26-29-27(19-6-3-2-4-7-19)25(34-26)15-28-12-13-30/h2-11,14,28,30H,12-13,15-17H2,1H3. The number of hydrogen-bond donors (Lipinski definition) is 2. The van der Waals surface area contributed by atoms with Gasteiger partial charge in [0.25, 0.3) is 0 Å². The summed E-state index contributed by atoms with van der Waals surface area (Å²) in [7, 11) is 0. The van der Waals surface area contributed by atoms with Gasteiger partial charge in [0.2, 0.25) is 12.7 Å². The van der Waals surface area contributed by atoms with Crippen molar-refractivity contribution in [1.82, 2.24) is 10.3 Å². The zero-order valence-corrected chi connectivity index (χ0v) is 18.9. The SMILES string of the molecule is Cc1c(OCc2nc(-c3ccccc3)c(CNCCO)o2)cccc1-c1ccc2c(c1)OCO2. The van der Waals surface area contributed by atoms with Crippen LogP contribution in [0.5, 0.6) is 17.2 Å². The van der Waals surface area contributed by atoms with Crippen molar-refractivity contribution < 1.29 is 23.7 Å². The van der Waals surface area contributed by atoms with Gasteiger partial charge in [0.05, 0.1) is 13.2 Å². The monoisotopic (exact) mass is 458 g/mol. The maximum Gasteiger partial charge on any atom is 0.233 e. The molecule has 7 heteroatoms. The van der Waals surface area contributed by atoms with Crippen LogP contribution in [0.15, 0.2) is 71.1 Å². The lowest BCUT2D eigenvalue weighted by Gasteiger charge is -2.12. The third-order valence-electron chi connectivity index (χ3n) is 5.68. The maximum absolute atomic E-state index is 9.08. The normalized spacial score (nSPS) is 12.2. The molecule has 2 N–H and O–H groups in total. The molecule has 0 saturated heterocycles. The molecule has 0 radical (unpaired) electrons. The molecule has 0 atom stereocenters. The fourth-order valence-corrected chi connectivity index (χ4v) is 3.97. The molecule has 0 fully saturated rings. The van der Waals surface area contributed by atoms with Crippen LogP contribution in [0.25, 0.3) is 22.4 Å². The predicted octanol–water partition coefficient (Wildman–Crippen LogP) is 4.71. The van der Waals surface area contributed by atoms with Crippen LogP contribution in [0.3, 0.4) is 0 Å². The Bertz CT molecular complexity index is 1270. The Morgan fingerprint density at radius 2 is 1.82 bits per heavy atom. The minimum Gasteiger partial charge on any atom is -0.484 e. The second-order valence-corrected chi connectivity index (χ2v) is 7.93. The summed E-state index contributed by atoms with van der Waals surface area (Å²) in [5.74, 6) is 3.47. The van der Waals surface area contributed by atoms with Crippen molar-refractivity contribution in [2.24, 2.45) is 0 Å². The summed E-state index contributed by atoms with van der Waals surface area (Å²) in [5.41, 5.74) is 4.85. The summed E-state index contributed by atoms with van der Waals surface area (Å²) in [6.07, 6.45) is 0. The molecule has 0 amide bonds. The highest BCUT2D eigenvalue weighted by molar-refractivity contribution is 5.72. The molecular formula is C27H26N2O5. The van der Waals surface area contributed by atoms with E-state index in [1.807, 2.05) is 67.6 Å². The van der Waals surface area contributed by atoms with Gasteiger partial charge in [-0.3, -0.25) is 0 Å². The molecule has 5 rings (SSSR count). The number of ether oxygens (including phenoxy) is 3. The Morgan fingerprint density at radius 1 is 0.971 bits per heavy atom. The fourth-order valence-electron chi connectivity index (χ4n) is 3.97. The summed E-state index contributed by atoms with van der Waals surface area (Å²) < 4.78 is 23.1. The van der Waals surface area contributed by atoms with Crippen molar-refractivity contribution in [2.75, 3.05) is 19.9 Å². The lowest BCUT2D eigenvalue weighted by molar-refractivity contribution is 0.174. The number of nitrogens with one attached hydrogen (secondary N) is 1. The number of aliphatic hydroxyl groups is 1. The van der Waals surface area contributed by atoms with E-state index in [0.29, 0.717) is 24.7 Å². The minimum absolute atomic E-state index is 0.0593. The Kier molecular flexibility index (Phi) is 6.46. The quantitative estimate of drug-likeness (QED) is 0.352. The molecular weight excluding hydrogens is 432 g/mol. The van der Waals surface area contributed by atoms with Crippen molar-refractivity contribution >= 4 is 0 Å². The molecule has 174 valence electrons. The van der Waals surface area contributed by atoms with Gasteiger partial charge in [0, 0.05) is 12.1 Å². The Labute approximate surface area is 197 Å². The van der Waals surface area contributed by atoms with Crippen LogP contribution in [0, 0.1) is 6.92 Å².